The Kier molecular flexibility index (Phi) is 3.76. The van der Waals surface area contributed by atoms with E-state index in [9.17, 15) is 4.79 Å². The van der Waals surface area contributed by atoms with Crippen LogP contribution in [-0.4, -0.2) is 18.7 Å². The summed E-state index contributed by atoms with van der Waals surface area (Å²) < 4.78 is 4.77. The molecular weight excluding hydrogens is 263 g/mol. The van der Waals surface area contributed by atoms with Crippen molar-refractivity contribution in [1.29, 1.82) is 0 Å². The van der Waals surface area contributed by atoms with Crippen LogP contribution >= 0.6 is 23.2 Å². The number of nitrogens with two attached hydrogens (primary N) is 1. The van der Waals surface area contributed by atoms with Crippen LogP contribution in [0.3, 0.4) is 0 Å². The third-order valence-electron chi connectivity index (χ3n) is 2.75. The van der Waals surface area contributed by atoms with E-state index in [1.165, 1.54) is 0 Å². The molecule has 2 rings (SSSR count). The van der Waals surface area contributed by atoms with Crippen molar-refractivity contribution in [1.82, 2.24) is 5.32 Å². The maximum absolute atomic E-state index is 10.5. The van der Waals surface area contributed by atoms with E-state index in [2.05, 4.69) is 5.32 Å². The van der Waals surface area contributed by atoms with Gasteiger partial charge in [0.05, 0.1) is 10.0 Å². The molecule has 0 fully saturated rings. The summed E-state index contributed by atoms with van der Waals surface area (Å²) in [6.07, 6.45) is -0.0220. The van der Waals surface area contributed by atoms with Crippen molar-refractivity contribution in [2.24, 2.45) is 5.73 Å². The Hall–Kier alpha value is -0.970. The fourth-order valence-corrected chi connectivity index (χ4v) is 2.33. The average Bonchev–Trinajstić information content (AvgIpc) is 2.31. The standard InChI is InChI=1S/C11H12Cl2N2O2/c12-9-2-1-6-3-7(5-17-11(14)16)15-4-8(6)10(9)13/h1-2,7,15H,3-5H2,(H2,14,16). The summed E-state index contributed by atoms with van der Waals surface area (Å²) in [7, 11) is 0. The highest BCUT2D eigenvalue weighted by molar-refractivity contribution is 6.42. The lowest BCUT2D eigenvalue weighted by atomic mass is 9.96. The Balaban J connectivity index is 2.09. The predicted molar refractivity (Wildman–Crippen MR) is 66.3 cm³/mol. The Morgan fingerprint density at radius 3 is 3.00 bits per heavy atom. The molecule has 3 N–H and O–H groups in total. The van der Waals surface area contributed by atoms with E-state index in [0.29, 0.717) is 16.6 Å². The number of hydrogen-bond acceptors (Lipinski definition) is 3. The molecule has 1 atom stereocenters. The van der Waals surface area contributed by atoms with Gasteiger partial charge in [-0.15, -0.1) is 0 Å². The normalized spacial score (nSPS) is 18.6. The molecule has 6 heteroatoms. The van der Waals surface area contributed by atoms with E-state index in [1.807, 2.05) is 6.07 Å². The molecule has 1 amide bonds. The second kappa shape index (κ2) is 5.12. The zero-order chi connectivity index (χ0) is 12.4. The van der Waals surface area contributed by atoms with Gasteiger partial charge in [-0.25, -0.2) is 4.79 Å². The van der Waals surface area contributed by atoms with Crippen molar-refractivity contribution in [3.05, 3.63) is 33.3 Å². The number of fused-ring (bicyclic) bond motifs is 1. The number of carbonyl (C=O) groups excluding carboxylic acids is 1. The summed E-state index contributed by atoms with van der Waals surface area (Å²) in [5.74, 6) is 0. The number of hydrogen-bond donors (Lipinski definition) is 2. The van der Waals surface area contributed by atoms with Gasteiger partial charge in [-0.1, -0.05) is 29.3 Å². The summed E-state index contributed by atoms with van der Waals surface area (Å²) in [6.45, 7) is 0.872. The molecule has 0 spiro atoms. The van der Waals surface area contributed by atoms with Gasteiger partial charge in [-0.3, -0.25) is 0 Å². The first-order valence-electron chi connectivity index (χ1n) is 5.19. The van der Waals surface area contributed by atoms with Crippen molar-refractivity contribution >= 4 is 29.3 Å². The number of nitrogens with one attached hydrogen (secondary N) is 1. The third kappa shape index (κ3) is 2.83. The summed E-state index contributed by atoms with van der Waals surface area (Å²) >= 11 is 12.0. The molecule has 0 bridgehead atoms. The van der Waals surface area contributed by atoms with Crippen LogP contribution in [0.1, 0.15) is 11.1 Å². The molecule has 1 aliphatic heterocycles. The number of carbonyl (C=O) groups is 1. The zero-order valence-electron chi connectivity index (χ0n) is 9.00. The van der Waals surface area contributed by atoms with Gasteiger partial charge in [0.15, 0.2) is 0 Å². The van der Waals surface area contributed by atoms with E-state index < -0.39 is 6.09 Å². The number of ether oxygens (including phenoxy) is 1. The van der Waals surface area contributed by atoms with E-state index in [4.69, 9.17) is 33.7 Å². The lowest BCUT2D eigenvalue weighted by Crippen LogP contribution is -2.40. The molecule has 92 valence electrons. The molecule has 1 aromatic carbocycles. The third-order valence-corrected chi connectivity index (χ3v) is 3.60. The Labute approximate surface area is 109 Å². The summed E-state index contributed by atoms with van der Waals surface area (Å²) in [5, 5.41) is 4.37. The van der Waals surface area contributed by atoms with Gasteiger partial charge in [-0.05, 0) is 23.6 Å². The van der Waals surface area contributed by atoms with Gasteiger partial charge in [-0.2, -0.15) is 0 Å². The Morgan fingerprint density at radius 2 is 2.29 bits per heavy atom. The molecule has 0 aliphatic carbocycles. The second-order valence-electron chi connectivity index (χ2n) is 3.91. The number of benzene rings is 1. The first kappa shape index (κ1) is 12.5. The van der Waals surface area contributed by atoms with Gasteiger partial charge in [0.2, 0.25) is 0 Å². The van der Waals surface area contributed by atoms with Crippen LogP contribution in [0.25, 0.3) is 0 Å². The zero-order valence-corrected chi connectivity index (χ0v) is 10.5. The fourth-order valence-electron chi connectivity index (χ4n) is 1.90. The summed E-state index contributed by atoms with van der Waals surface area (Å²) in [5.41, 5.74) is 7.05. The quantitative estimate of drug-likeness (QED) is 0.868. The minimum absolute atomic E-state index is 0.0623. The molecule has 0 saturated heterocycles. The van der Waals surface area contributed by atoms with Crippen molar-refractivity contribution in [2.45, 2.75) is 19.0 Å². The van der Waals surface area contributed by atoms with Gasteiger partial charge in [0.1, 0.15) is 6.61 Å². The molecule has 17 heavy (non-hydrogen) atoms. The van der Waals surface area contributed by atoms with E-state index >= 15 is 0 Å². The van der Waals surface area contributed by atoms with Crippen LogP contribution in [0.4, 0.5) is 4.79 Å². The van der Waals surface area contributed by atoms with Crippen molar-refractivity contribution in [3.8, 4) is 0 Å². The molecule has 0 aromatic heterocycles. The maximum atomic E-state index is 10.5. The first-order chi connectivity index (χ1) is 8.08. The van der Waals surface area contributed by atoms with Crippen LogP contribution in [0, 0.1) is 0 Å². The Morgan fingerprint density at radius 1 is 1.53 bits per heavy atom. The van der Waals surface area contributed by atoms with E-state index in [-0.39, 0.29) is 12.6 Å². The van der Waals surface area contributed by atoms with Gasteiger partial charge in [0, 0.05) is 12.6 Å². The van der Waals surface area contributed by atoms with Crippen molar-refractivity contribution in [2.75, 3.05) is 6.61 Å². The number of rotatable bonds is 2. The average molecular weight is 275 g/mol. The topological polar surface area (TPSA) is 64.4 Å². The minimum atomic E-state index is -0.758. The first-order valence-corrected chi connectivity index (χ1v) is 5.95. The van der Waals surface area contributed by atoms with Crippen LogP contribution in [0.15, 0.2) is 12.1 Å². The smallest absolute Gasteiger partial charge is 0.404 e. The SMILES string of the molecule is NC(=O)OCC1Cc2ccc(Cl)c(Cl)c2CN1. The van der Waals surface area contributed by atoms with Crippen LogP contribution in [0.2, 0.25) is 10.0 Å². The van der Waals surface area contributed by atoms with Crippen LogP contribution in [-0.2, 0) is 17.7 Å². The molecule has 1 aliphatic rings. The molecule has 0 saturated carbocycles. The van der Waals surface area contributed by atoms with Crippen LogP contribution < -0.4 is 11.1 Å². The maximum Gasteiger partial charge on any atom is 0.404 e. The van der Waals surface area contributed by atoms with E-state index in [0.717, 1.165) is 17.5 Å². The molecule has 4 nitrogen and oxygen atoms in total. The predicted octanol–water partition coefficient (Wildman–Crippen LogP) is 2.10. The van der Waals surface area contributed by atoms with Crippen LogP contribution in [0.5, 0.6) is 0 Å². The van der Waals surface area contributed by atoms with Crippen molar-refractivity contribution in [3.63, 3.8) is 0 Å². The van der Waals surface area contributed by atoms with E-state index in [1.54, 1.807) is 6.07 Å². The second-order valence-corrected chi connectivity index (χ2v) is 4.70. The highest BCUT2D eigenvalue weighted by Crippen LogP contribution is 2.31. The largest absolute Gasteiger partial charge is 0.448 e. The molecule has 0 radical (unpaired) electrons. The molecule has 1 heterocycles. The number of halogens is 2. The number of primary amides is 1. The van der Waals surface area contributed by atoms with Gasteiger partial charge >= 0.3 is 6.09 Å². The fraction of sp³-hybridized carbons (Fsp3) is 0.364. The van der Waals surface area contributed by atoms with Crippen molar-refractivity contribution < 1.29 is 9.53 Å². The number of amides is 1. The monoisotopic (exact) mass is 274 g/mol. The summed E-state index contributed by atoms with van der Waals surface area (Å²) in [4.78, 5) is 10.5. The lowest BCUT2D eigenvalue weighted by molar-refractivity contribution is 0.141. The molecule has 1 aromatic rings. The Bertz CT molecular complexity index is 451. The minimum Gasteiger partial charge on any atom is -0.448 e. The summed E-state index contributed by atoms with van der Waals surface area (Å²) in [6, 6.07) is 3.79. The highest BCUT2D eigenvalue weighted by Gasteiger charge is 2.21. The molecule has 1 unspecified atom stereocenters. The molecular formula is C11H12Cl2N2O2. The van der Waals surface area contributed by atoms with Gasteiger partial charge < -0.3 is 15.8 Å². The van der Waals surface area contributed by atoms with Gasteiger partial charge in [0.25, 0.3) is 0 Å². The lowest BCUT2D eigenvalue weighted by Gasteiger charge is -2.26. The highest BCUT2D eigenvalue weighted by atomic mass is 35.5.